The van der Waals surface area contributed by atoms with Gasteiger partial charge in [-0.3, -0.25) is 14.7 Å². The highest BCUT2D eigenvalue weighted by Crippen LogP contribution is 2.19. The lowest BCUT2D eigenvalue weighted by atomic mass is 10.00. The van der Waals surface area contributed by atoms with E-state index in [-0.39, 0.29) is 5.91 Å². The Hall–Kier alpha value is -1.46. The van der Waals surface area contributed by atoms with Crippen LogP contribution in [0.1, 0.15) is 24.8 Å². The molecule has 5 heteroatoms. The van der Waals surface area contributed by atoms with Crippen molar-refractivity contribution < 1.29 is 9.53 Å². The van der Waals surface area contributed by atoms with E-state index >= 15 is 0 Å². The van der Waals surface area contributed by atoms with E-state index in [0.717, 1.165) is 57.8 Å². The molecule has 2 fully saturated rings. The summed E-state index contributed by atoms with van der Waals surface area (Å²) in [7, 11) is 0. The van der Waals surface area contributed by atoms with E-state index in [9.17, 15) is 4.79 Å². The minimum Gasteiger partial charge on any atom is -0.379 e. The Balaban J connectivity index is 1.60. The smallest absolute Gasteiger partial charge is 0.227 e. The second-order valence-electron chi connectivity index (χ2n) is 6.19. The highest BCUT2D eigenvalue weighted by molar-refractivity contribution is 5.79. The van der Waals surface area contributed by atoms with E-state index in [1.807, 2.05) is 12.1 Å². The van der Waals surface area contributed by atoms with Gasteiger partial charge in [0.1, 0.15) is 0 Å². The summed E-state index contributed by atoms with van der Waals surface area (Å²) in [6, 6.07) is 4.23. The summed E-state index contributed by atoms with van der Waals surface area (Å²) in [6.07, 6.45) is 7.47. The van der Waals surface area contributed by atoms with Crippen LogP contribution in [0.3, 0.4) is 0 Å². The number of morpholine rings is 1. The van der Waals surface area contributed by atoms with Crippen LogP contribution in [-0.4, -0.2) is 66.1 Å². The number of hydrogen-bond acceptors (Lipinski definition) is 4. The lowest BCUT2D eigenvalue weighted by Crippen LogP contribution is -2.51. The summed E-state index contributed by atoms with van der Waals surface area (Å²) < 4.78 is 5.41. The maximum Gasteiger partial charge on any atom is 0.227 e. The van der Waals surface area contributed by atoms with Crippen LogP contribution in [-0.2, 0) is 16.0 Å². The van der Waals surface area contributed by atoms with Crippen LogP contribution in [0.4, 0.5) is 0 Å². The van der Waals surface area contributed by atoms with Gasteiger partial charge in [0.05, 0.1) is 19.6 Å². The molecule has 2 saturated heterocycles. The first kappa shape index (κ1) is 15.4. The van der Waals surface area contributed by atoms with Crippen molar-refractivity contribution in [3.05, 3.63) is 30.1 Å². The summed E-state index contributed by atoms with van der Waals surface area (Å²) >= 11 is 0. The van der Waals surface area contributed by atoms with Crippen molar-refractivity contribution in [2.45, 2.75) is 31.7 Å². The lowest BCUT2D eigenvalue weighted by molar-refractivity contribution is -0.134. The highest BCUT2D eigenvalue weighted by atomic mass is 16.5. The van der Waals surface area contributed by atoms with Crippen LogP contribution in [0, 0.1) is 0 Å². The third-order valence-electron chi connectivity index (χ3n) is 4.60. The van der Waals surface area contributed by atoms with Crippen LogP contribution in [0.5, 0.6) is 0 Å². The van der Waals surface area contributed by atoms with Crippen molar-refractivity contribution in [2.75, 3.05) is 39.4 Å². The molecular formula is C17H25N3O2. The molecule has 2 aliphatic heterocycles. The summed E-state index contributed by atoms with van der Waals surface area (Å²) in [5.74, 6) is 0.242. The lowest BCUT2D eigenvalue weighted by Gasteiger charge is -2.39. The van der Waals surface area contributed by atoms with E-state index in [0.29, 0.717) is 12.5 Å². The summed E-state index contributed by atoms with van der Waals surface area (Å²) in [4.78, 5) is 21.3. The number of carbonyl (C=O) groups is 1. The topological polar surface area (TPSA) is 45.7 Å². The molecule has 3 rings (SSSR count). The molecule has 2 aliphatic rings. The number of rotatable bonds is 4. The maximum absolute atomic E-state index is 12.7. The first-order chi connectivity index (χ1) is 10.8. The molecule has 22 heavy (non-hydrogen) atoms. The Bertz CT molecular complexity index is 474. The Morgan fingerprint density at radius 2 is 2.14 bits per heavy atom. The van der Waals surface area contributed by atoms with Crippen molar-refractivity contribution in [2.24, 2.45) is 0 Å². The number of nitrogens with zero attached hydrogens (tertiary/aromatic N) is 3. The fourth-order valence-electron chi connectivity index (χ4n) is 3.38. The predicted molar refractivity (Wildman–Crippen MR) is 84.6 cm³/mol. The fourth-order valence-corrected chi connectivity index (χ4v) is 3.38. The zero-order chi connectivity index (χ0) is 15.2. The Labute approximate surface area is 132 Å². The normalized spacial score (nSPS) is 23.5. The van der Waals surface area contributed by atoms with Crippen molar-refractivity contribution in [3.63, 3.8) is 0 Å². The fraction of sp³-hybridized carbons (Fsp3) is 0.647. The molecule has 0 saturated carbocycles. The monoisotopic (exact) mass is 303 g/mol. The minimum atomic E-state index is 0.242. The van der Waals surface area contributed by atoms with E-state index < -0.39 is 0 Å². The molecular weight excluding hydrogens is 278 g/mol. The summed E-state index contributed by atoms with van der Waals surface area (Å²) in [5, 5.41) is 0. The van der Waals surface area contributed by atoms with Gasteiger partial charge < -0.3 is 9.64 Å². The minimum absolute atomic E-state index is 0.242. The first-order valence-corrected chi connectivity index (χ1v) is 8.31. The first-order valence-electron chi connectivity index (χ1n) is 8.31. The van der Waals surface area contributed by atoms with Crippen LogP contribution in [0.25, 0.3) is 0 Å². The van der Waals surface area contributed by atoms with Gasteiger partial charge in [0.2, 0.25) is 5.91 Å². The van der Waals surface area contributed by atoms with Gasteiger partial charge in [0.25, 0.3) is 0 Å². The average molecular weight is 303 g/mol. The van der Waals surface area contributed by atoms with Gasteiger partial charge in [-0.05, 0) is 30.9 Å². The van der Waals surface area contributed by atoms with Crippen molar-refractivity contribution in [1.82, 2.24) is 14.8 Å². The Morgan fingerprint density at radius 1 is 1.27 bits per heavy atom. The van der Waals surface area contributed by atoms with Crippen molar-refractivity contribution in [1.29, 1.82) is 0 Å². The molecule has 3 heterocycles. The molecule has 0 aromatic carbocycles. The number of pyridine rings is 1. The van der Waals surface area contributed by atoms with E-state index in [2.05, 4.69) is 14.8 Å². The molecule has 1 amide bonds. The molecule has 0 N–H and O–H groups in total. The van der Waals surface area contributed by atoms with Gasteiger partial charge in [-0.2, -0.15) is 0 Å². The molecule has 0 radical (unpaired) electrons. The Kier molecular flexibility index (Phi) is 5.40. The predicted octanol–water partition coefficient (Wildman–Crippen LogP) is 1.34. The highest BCUT2D eigenvalue weighted by Gasteiger charge is 2.28. The molecule has 0 unspecified atom stereocenters. The van der Waals surface area contributed by atoms with Crippen LogP contribution in [0.2, 0.25) is 0 Å². The SMILES string of the molecule is O=C(Cc1cccnc1)N1CCCC[C@@H]1CN1CCOCC1. The van der Waals surface area contributed by atoms with Gasteiger partial charge in [-0.25, -0.2) is 0 Å². The number of ether oxygens (including phenoxy) is 1. The number of amides is 1. The second-order valence-corrected chi connectivity index (χ2v) is 6.19. The van der Waals surface area contributed by atoms with E-state index in [4.69, 9.17) is 4.74 Å². The van der Waals surface area contributed by atoms with Gasteiger partial charge in [0.15, 0.2) is 0 Å². The van der Waals surface area contributed by atoms with Crippen molar-refractivity contribution in [3.8, 4) is 0 Å². The van der Waals surface area contributed by atoms with Gasteiger partial charge in [0, 0.05) is 44.6 Å². The molecule has 1 atom stereocenters. The third-order valence-corrected chi connectivity index (χ3v) is 4.60. The quantitative estimate of drug-likeness (QED) is 0.842. The molecule has 0 bridgehead atoms. The third kappa shape index (κ3) is 4.05. The Morgan fingerprint density at radius 3 is 2.91 bits per heavy atom. The average Bonchev–Trinajstić information content (AvgIpc) is 2.57. The zero-order valence-corrected chi connectivity index (χ0v) is 13.1. The molecule has 0 spiro atoms. The van der Waals surface area contributed by atoms with E-state index in [1.54, 1.807) is 12.4 Å². The number of piperidine rings is 1. The molecule has 0 aliphatic carbocycles. The summed E-state index contributed by atoms with van der Waals surface area (Å²) in [6.45, 7) is 5.49. The maximum atomic E-state index is 12.7. The van der Waals surface area contributed by atoms with E-state index in [1.165, 1.54) is 6.42 Å². The second kappa shape index (κ2) is 7.70. The van der Waals surface area contributed by atoms with Gasteiger partial charge in [-0.1, -0.05) is 6.07 Å². The van der Waals surface area contributed by atoms with Crippen LogP contribution >= 0.6 is 0 Å². The zero-order valence-electron chi connectivity index (χ0n) is 13.1. The van der Waals surface area contributed by atoms with Gasteiger partial charge >= 0.3 is 0 Å². The number of likely N-dealkylation sites (tertiary alicyclic amines) is 1. The summed E-state index contributed by atoms with van der Waals surface area (Å²) in [5.41, 5.74) is 1.00. The number of carbonyl (C=O) groups excluding carboxylic acids is 1. The molecule has 1 aromatic heterocycles. The number of aromatic nitrogens is 1. The van der Waals surface area contributed by atoms with Gasteiger partial charge in [-0.15, -0.1) is 0 Å². The molecule has 1 aromatic rings. The van der Waals surface area contributed by atoms with Crippen LogP contribution in [0.15, 0.2) is 24.5 Å². The number of hydrogen-bond donors (Lipinski definition) is 0. The molecule has 5 nitrogen and oxygen atoms in total. The largest absolute Gasteiger partial charge is 0.379 e. The molecule has 120 valence electrons. The van der Waals surface area contributed by atoms with Crippen molar-refractivity contribution >= 4 is 5.91 Å². The standard InChI is InChI=1S/C17H25N3O2/c21-17(12-15-4-3-6-18-13-15)20-7-2-1-5-16(20)14-19-8-10-22-11-9-19/h3-4,6,13,16H,1-2,5,7-12,14H2/t16-/m1/s1. The van der Waals surface area contributed by atoms with Crippen LogP contribution < -0.4 is 0 Å².